The second kappa shape index (κ2) is 6.14. The summed E-state index contributed by atoms with van der Waals surface area (Å²) in [5, 5.41) is 12.3. The van der Waals surface area contributed by atoms with Crippen LogP contribution in [0, 0.1) is 0 Å². The van der Waals surface area contributed by atoms with Crippen LogP contribution in [0.2, 0.25) is 10.0 Å². The molecule has 1 aromatic heterocycles. The van der Waals surface area contributed by atoms with Crippen LogP contribution in [0.5, 0.6) is 0 Å². The Labute approximate surface area is 116 Å². The molecule has 0 bridgehead atoms. The fraction of sp³-hybridized carbons (Fsp3) is 0.231. The van der Waals surface area contributed by atoms with Crippen LogP contribution in [0.25, 0.3) is 0 Å². The Morgan fingerprint density at radius 3 is 2.72 bits per heavy atom. The lowest BCUT2D eigenvalue weighted by atomic mass is 10.0. The summed E-state index contributed by atoms with van der Waals surface area (Å²) in [5.74, 6) is 0. The van der Waals surface area contributed by atoms with E-state index in [9.17, 15) is 0 Å². The molecule has 18 heavy (non-hydrogen) atoms. The van der Waals surface area contributed by atoms with Crippen molar-refractivity contribution in [3.8, 4) is 0 Å². The molecule has 94 valence electrons. The Bertz CT molecular complexity index is 517. The van der Waals surface area contributed by atoms with Gasteiger partial charge in [0, 0.05) is 22.3 Å². The molecule has 1 aromatic carbocycles. The highest BCUT2D eigenvalue weighted by molar-refractivity contribution is 6.33. The van der Waals surface area contributed by atoms with Crippen LogP contribution < -0.4 is 5.32 Å². The summed E-state index contributed by atoms with van der Waals surface area (Å²) in [4.78, 5) is 0. The highest BCUT2D eigenvalue weighted by atomic mass is 35.5. The molecule has 1 heterocycles. The number of aromatic nitrogens is 2. The van der Waals surface area contributed by atoms with Crippen LogP contribution in [0.4, 0.5) is 0 Å². The van der Waals surface area contributed by atoms with E-state index in [0.717, 1.165) is 22.6 Å². The van der Waals surface area contributed by atoms with E-state index in [1.807, 2.05) is 25.2 Å². The van der Waals surface area contributed by atoms with Gasteiger partial charge in [0.15, 0.2) is 0 Å². The van der Waals surface area contributed by atoms with Gasteiger partial charge in [0.05, 0.1) is 6.20 Å². The number of hydrogen-bond donors (Lipinski definition) is 1. The lowest BCUT2D eigenvalue weighted by Crippen LogP contribution is -2.19. The van der Waals surface area contributed by atoms with Crippen LogP contribution in [-0.2, 0) is 6.42 Å². The predicted molar refractivity (Wildman–Crippen MR) is 74.0 cm³/mol. The number of nitrogens with one attached hydrogen (secondary N) is 1. The average molecular weight is 282 g/mol. The van der Waals surface area contributed by atoms with Gasteiger partial charge in [0.1, 0.15) is 0 Å². The minimum atomic E-state index is 0.136. The molecule has 2 rings (SSSR count). The number of likely N-dealkylation sites (N-methyl/N-ethyl adjacent to an activating group) is 1. The van der Waals surface area contributed by atoms with Gasteiger partial charge in [-0.25, -0.2) is 0 Å². The molecule has 0 spiro atoms. The first-order valence-electron chi connectivity index (χ1n) is 5.58. The van der Waals surface area contributed by atoms with E-state index in [0.29, 0.717) is 5.02 Å². The summed E-state index contributed by atoms with van der Waals surface area (Å²) in [6.45, 7) is 0. The molecule has 0 fully saturated rings. The molecule has 0 aliphatic rings. The van der Waals surface area contributed by atoms with E-state index in [-0.39, 0.29) is 6.04 Å². The molecule has 1 atom stereocenters. The quantitative estimate of drug-likeness (QED) is 0.935. The summed E-state index contributed by atoms with van der Waals surface area (Å²) in [6, 6.07) is 7.57. The van der Waals surface area contributed by atoms with Crippen LogP contribution in [0.3, 0.4) is 0 Å². The third-order valence-corrected chi connectivity index (χ3v) is 3.39. The van der Waals surface area contributed by atoms with Gasteiger partial charge in [0.2, 0.25) is 0 Å². The highest BCUT2D eigenvalue weighted by Crippen LogP contribution is 2.25. The van der Waals surface area contributed by atoms with Crippen molar-refractivity contribution in [1.29, 1.82) is 0 Å². The van der Waals surface area contributed by atoms with Gasteiger partial charge in [-0.05, 0) is 48.9 Å². The second-order valence-corrected chi connectivity index (χ2v) is 4.80. The van der Waals surface area contributed by atoms with E-state index >= 15 is 0 Å². The first-order chi connectivity index (χ1) is 8.70. The fourth-order valence-corrected chi connectivity index (χ4v) is 2.20. The summed E-state index contributed by atoms with van der Waals surface area (Å²) >= 11 is 12.2. The number of halogens is 2. The average Bonchev–Trinajstić information content (AvgIpc) is 2.41. The van der Waals surface area contributed by atoms with Gasteiger partial charge in [-0.3, -0.25) is 0 Å². The van der Waals surface area contributed by atoms with E-state index in [4.69, 9.17) is 23.2 Å². The summed E-state index contributed by atoms with van der Waals surface area (Å²) in [5.41, 5.74) is 2.09. The molecule has 0 saturated heterocycles. The van der Waals surface area contributed by atoms with Crippen molar-refractivity contribution >= 4 is 23.2 Å². The summed E-state index contributed by atoms with van der Waals surface area (Å²) in [7, 11) is 1.91. The zero-order valence-corrected chi connectivity index (χ0v) is 11.4. The zero-order chi connectivity index (χ0) is 13.0. The van der Waals surface area contributed by atoms with Crippen LogP contribution in [0.15, 0.2) is 36.7 Å². The first-order valence-corrected chi connectivity index (χ1v) is 6.34. The number of nitrogens with zero attached hydrogens (tertiary/aromatic N) is 2. The molecular weight excluding hydrogens is 269 g/mol. The Kier molecular flexibility index (Phi) is 4.53. The molecule has 1 unspecified atom stereocenters. The standard InChI is InChI=1S/C13H13Cl2N3/c1-16-13(9-4-5-17-18-8-9)7-10-6-11(14)2-3-12(10)15/h2-6,8,13,16H,7H2,1H3. The fourth-order valence-electron chi connectivity index (χ4n) is 1.81. The molecule has 2 aromatic rings. The zero-order valence-electron chi connectivity index (χ0n) is 9.90. The smallest absolute Gasteiger partial charge is 0.0544 e. The number of rotatable bonds is 4. The van der Waals surface area contributed by atoms with Crippen LogP contribution >= 0.6 is 23.2 Å². The Balaban J connectivity index is 2.23. The molecule has 0 radical (unpaired) electrons. The molecule has 0 amide bonds. The first kappa shape index (κ1) is 13.3. The van der Waals surface area contributed by atoms with Crippen molar-refractivity contribution in [1.82, 2.24) is 15.5 Å². The van der Waals surface area contributed by atoms with Crippen LogP contribution in [-0.4, -0.2) is 17.2 Å². The molecule has 1 N–H and O–H groups in total. The summed E-state index contributed by atoms with van der Waals surface area (Å²) < 4.78 is 0. The van der Waals surface area contributed by atoms with Crippen molar-refractivity contribution in [3.63, 3.8) is 0 Å². The Morgan fingerprint density at radius 2 is 2.06 bits per heavy atom. The highest BCUT2D eigenvalue weighted by Gasteiger charge is 2.12. The molecule has 3 nitrogen and oxygen atoms in total. The van der Waals surface area contributed by atoms with Crippen molar-refractivity contribution in [2.24, 2.45) is 0 Å². The Hall–Kier alpha value is -1.16. The van der Waals surface area contributed by atoms with Gasteiger partial charge in [-0.15, -0.1) is 0 Å². The molecule has 0 saturated carbocycles. The third-order valence-electron chi connectivity index (χ3n) is 2.79. The van der Waals surface area contributed by atoms with Crippen molar-refractivity contribution in [2.75, 3.05) is 7.05 Å². The van der Waals surface area contributed by atoms with Crippen molar-refractivity contribution in [2.45, 2.75) is 12.5 Å². The Morgan fingerprint density at radius 1 is 1.22 bits per heavy atom. The maximum atomic E-state index is 6.17. The molecule has 0 aliphatic heterocycles. The van der Waals surface area contributed by atoms with Crippen molar-refractivity contribution in [3.05, 3.63) is 57.8 Å². The number of hydrogen-bond acceptors (Lipinski definition) is 3. The molecular formula is C13H13Cl2N3. The topological polar surface area (TPSA) is 37.8 Å². The van der Waals surface area contributed by atoms with E-state index in [1.165, 1.54) is 0 Å². The maximum absolute atomic E-state index is 6.17. The largest absolute Gasteiger partial charge is 0.313 e. The van der Waals surface area contributed by atoms with Gasteiger partial charge in [-0.1, -0.05) is 23.2 Å². The minimum Gasteiger partial charge on any atom is -0.313 e. The van der Waals surface area contributed by atoms with Gasteiger partial charge >= 0.3 is 0 Å². The van der Waals surface area contributed by atoms with Crippen LogP contribution in [0.1, 0.15) is 17.2 Å². The predicted octanol–water partition coefficient (Wildman–Crippen LogP) is 3.29. The lowest BCUT2D eigenvalue weighted by molar-refractivity contribution is 0.588. The minimum absolute atomic E-state index is 0.136. The summed E-state index contributed by atoms with van der Waals surface area (Å²) in [6.07, 6.45) is 4.18. The second-order valence-electron chi connectivity index (χ2n) is 3.96. The lowest BCUT2D eigenvalue weighted by Gasteiger charge is -2.17. The molecule has 0 aliphatic carbocycles. The maximum Gasteiger partial charge on any atom is 0.0544 e. The molecule has 5 heteroatoms. The third kappa shape index (κ3) is 3.19. The van der Waals surface area contributed by atoms with Gasteiger partial charge < -0.3 is 5.32 Å². The van der Waals surface area contributed by atoms with Crippen molar-refractivity contribution < 1.29 is 0 Å². The monoisotopic (exact) mass is 281 g/mol. The SMILES string of the molecule is CNC(Cc1cc(Cl)ccc1Cl)c1ccnnc1. The van der Waals surface area contributed by atoms with Gasteiger partial charge in [0.25, 0.3) is 0 Å². The van der Waals surface area contributed by atoms with E-state index in [1.54, 1.807) is 18.5 Å². The van der Waals surface area contributed by atoms with E-state index in [2.05, 4.69) is 15.5 Å². The number of benzene rings is 1. The van der Waals surface area contributed by atoms with E-state index < -0.39 is 0 Å². The normalized spacial score (nSPS) is 12.4. The van der Waals surface area contributed by atoms with Gasteiger partial charge in [-0.2, -0.15) is 10.2 Å².